The molecule has 110 valence electrons. The van der Waals surface area contributed by atoms with Crippen LogP contribution in [0.1, 0.15) is 16.8 Å². The summed E-state index contributed by atoms with van der Waals surface area (Å²) >= 11 is 2.99. The maximum atomic E-state index is 13.5. The Balaban J connectivity index is 2.33. The Morgan fingerprint density at radius 2 is 2.20 bits per heavy atom. The molecule has 2 N–H and O–H groups in total. The Hall–Kier alpha value is -1.03. The number of primary sulfonamides is 1. The number of halogens is 2. The molecule has 0 amide bonds. The number of hydrogen-bond acceptors (Lipinski definition) is 5. The van der Waals surface area contributed by atoms with Crippen LogP contribution in [-0.2, 0) is 19.5 Å². The Bertz CT molecular complexity index is 642. The van der Waals surface area contributed by atoms with Gasteiger partial charge in [-0.3, -0.25) is 0 Å². The summed E-state index contributed by atoms with van der Waals surface area (Å²) in [6.45, 7) is 0.775. The second kappa shape index (κ2) is 5.76. The van der Waals surface area contributed by atoms with Crippen LogP contribution in [-0.4, -0.2) is 33.7 Å². The highest BCUT2D eigenvalue weighted by molar-refractivity contribution is 9.10. The zero-order chi connectivity index (χ0) is 14.9. The first-order valence-electron chi connectivity index (χ1n) is 5.59. The first kappa shape index (κ1) is 15.4. The van der Waals surface area contributed by atoms with Crippen LogP contribution < -0.4 is 5.14 Å². The topological polar surface area (TPSA) is 95.7 Å². The van der Waals surface area contributed by atoms with Crippen molar-refractivity contribution in [3.05, 3.63) is 28.0 Å². The van der Waals surface area contributed by atoms with Crippen molar-refractivity contribution >= 4 is 31.9 Å². The van der Waals surface area contributed by atoms with Crippen LogP contribution in [0.15, 0.2) is 21.5 Å². The molecule has 1 aromatic rings. The third-order valence-electron chi connectivity index (χ3n) is 2.71. The Kier molecular flexibility index (Phi) is 4.43. The number of hydrogen-bond donors (Lipinski definition) is 1. The first-order chi connectivity index (χ1) is 9.29. The number of carbonyl (C=O) groups excluding carboxylic acids is 1. The minimum Gasteiger partial charge on any atom is -0.456 e. The second-order valence-corrected chi connectivity index (χ2v) is 6.58. The lowest BCUT2D eigenvalue weighted by molar-refractivity contribution is 0.0269. The molecule has 1 aliphatic heterocycles. The van der Waals surface area contributed by atoms with E-state index in [4.69, 9.17) is 14.6 Å². The maximum Gasteiger partial charge on any atom is 0.339 e. The third kappa shape index (κ3) is 3.35. The zero-order valence-corrected chi connectivity index (χ0v) is 12.5. The minimum absolute atomic E-state index is 0.0892. The summed E-state index contributed by atoms with van der Waals surface area (Å²) in [6, 6.07) is 1.72. The molecule has 1 heterocycles. The van der Waals surface area contributed by atoms with Crippen LogP contribution in [0.5, 0.6) is 0 Å². The first-order valence-corrected chi connectivity index (χ1v) is 7.93. The van der Waals surface area contributed by atoms with E-state index in [-0.39, 0.29) is 16.6 Å². The van der Waals surface area contributed by atoms with Gasteiger partial charge < -0.3 is 9.47 Å². The SMILES string of the molecule is NS(=O)(=O)c1cc(C(=O)OC2CCOC2)c(Br)cc1F. The van der Waals surface area contributed by atoms with Crippen molar-refractivity contribution in [1.29, 1.82) is 0 Å². The van der Waals surface area contributed by atoms with Crippen LogP contribution in [0.3, 0.4) is 0 Å². The van der Waals surface area contributed by atoms with E-state index in [0.29, 0.717) is 13.0 Å². The van der Waals surface area contributed by atoms with E-state index in [1.807, 2.05) is 0 Å². The Morgan fingerprint density at radius 3 is 2.75 bits per heavy atom. The van der Waals surface area contributed by atoms with Crippen molar-refractivity contribution in [3.63, 3.8) is 0 Å². The molecule has 1 unspecified atom stereocenters. The van der Waals surface area contributed by atoms with E-state index < -0.39 is 32.8 Å². The van der Waals surface area contributed by atoms with Crippen molar-refractivity contribution < 1.29 is 27.1 Å². The van der Waals surface area contributed by atoms with Gasteiger partial charge in [0.2, 0.25) is 10.0 Å². The molecule has 6 nitrogen and oxygen atoms in total. The fraction of sp³-hybridized carbons (Fsp3) is 0.364. The van der Waals surface area contributed by atoms with Gasteiger partial charge in [-0.2, -0.15) is 0 Å². The van der Waals surface area contributed by atoms with Crippen molar-refractivity contribution in [3.8, 4) is 0 Å². The molecule has 1 aromatic carbocycles. The largest absolute Gasteiger partial charge is 0.456 e. The van der Waals surface area contributed by atoms with E-state index in [2.05, 4.69) is 15.9 Å². The van der Waals surface area contributed by atoms with E-state index in [0.717, 1.165) is 12.1 Å². The van der Waals surface area contributed by atoms with Gasteiger partial charge >= 0.3 is 5.97 Å². The summed E-state index contributed by atoms with van der Waals surface area (Å²) in [5.74, 6) is -1.81. The molecule has 0 saturated carbocycles. The number of benzene rings is 1. The maximum absolute atomic E-state index is 13.5. The molecule has 2 rings (SSSR count). The Labute approximate surface area is 123 Å². The molecule has 0 aromatic heterocycles. The predicted octanol–water partition coefficient (Wildman–Crippen LogP) is 1.18. The molecule has 9 heteroatoms. The molecule has 1 atom stereocenters. The van der Waals surface area contributed by atoms with E-state index in [1.54, 1.807) is 0 Å². The van der Waals surface area contributed by atoms with Crippen molar-refractivity contribution in [2.75, 3.05) is 13.2 Å². The number of esters is 1. The van der Waals surface area contributed by atoms with Gasteiger partial charge in [0.05, 0.1) is 18.8 Å². The molecule has 0 radical (unpaired) electrons. The molecule has 1 fully saturated rings. The quantitative estimate of drug-likeness (QED) is 0.809. The fourth-order valence-corrected chi connectivity index (χ4v) is 2.81. The summed E-state index contributed by atoms with van der Waals surface area (Å²) < 4.78 is 46.3. The molecular weight excluding hydrogens is 357 g/mol. The summed E-state index contributed by atoms with van der Waals surface area (Å²) in [6.07, 6.45) is 0.171. The second-order valence-electron chi connectivity index (χ2n) is 4.20. The van der Waals surface area contributed by atoms with Gasteiger partial charge in [0.1, 0.15) is 16.8 Å². The number of sulfonamides is 1. The summed E-state index contributed by atoms with van der Waals surface area (Å²) in [7, 11) is -4.26. The van der Waals surface area contributed by atoms with Crippen molar-refractivity contribution in [2.45, 2.75) is 17.4 Å². The van der Waals surface area contributed by atoms with Gasteiger partial charge in [-0.15, -0.1) is 0 Å². The van der Waals surface area contributed by atoms with Gasteiger partial charge in [-0.25, -0.2) is 22.7 Å². The normalized spacial score (nSPS) is 19.1. The average Bonchev–Trinajstić information content (AvgIpc) is 2.79. The molecular formula is C11H11BrFNO5S. The molecule has 0 aliphatic carbocycles. The van der Waals surface area contributed by atoms with E-state index in [9.17, 15) is 17.6 Å². The standard InChI is InChI=1S/C11H11BrFNO5S/c12-8-4-9(13)10(20(14,16)17)3-7(8)11(15)19-6-1-2-18-5-6/h3-4,6H,1-2,5H2,(H2,14,16,17). The number of rotatable bonds is 3. The highest BCUT2D eigenvalue weighted by Gasteiger charge is 2.25. The third-order valence-corrected chi connectivity index (χ3v) is 4.29. The van der Waals surface area contributed by atoms with E-state index in [1.165, 1.54) is 0 Å². The Morgan fingerprint density at radius 1 is 1.50 bits per heavy atom. The van der Waals surface area contributed by atoms with Crippen molar-refractivity contribution in [2.24, 2.45) is 5.14 Å². The lowest BCUT2D eigenvalue weighted by Crippen LogP contribution is -2.20. The number of nitrogens with two attached hydrogens (primary N) is 1. The lowest BCUT2D eigenvalue weighted by Gasteiger charge is -2.12. The van der Waals surface area contributed by atoms with Gasteiger partial charge in [0, 0.05) is 10.9 Å². The molecule has 0 spiro atoms. The lowest BCUT2D eigenvalue weighted by atomic mass is 10.2. The molecule has 1 saturated heterocycles. The van der Waals surface area contributed by atoms with Crippen LogP contribution in [0.25, 0.3) is 0 Å². The summed E-state index contributed by atoms with van der Waals surface area (Å²) in [5.41, 5.74) is -0.109. The van der Waals surface area contributed by atoms with E-state index >= 15 is 0 Å². The molecule has 20 heavy (non-hydrogen) atoms. The smallest absolute Gasteiger partial charge is 0.339 e. The highest BCUT2D eigenvalue weighted by Crippen LogP contribution is 2.25. The van der Waals surface area contributed by atoms with Gasteiger partial charge in [-0.1, -0.05) is 0 Å². The molecule has 0 bridgehead atoms. The fourth-order valence-electron chi connectivity index (χ4n) is 1.72. The van der Waals surface area contributed by atoms with Crippen LogP contribution in [0.2, 0.25) is 0 Å². The van der Waals surface area contributed by atoms with Crippen LogP contribution in [0, 0.1) is 5.82 Å². The highest BCUT2D eigenvalue weighted by atomic mass is 79.9. The van der Waals surface area contributed by atoms with Crippen molar-refractivity contribution in [1.82, 2.24) is 0 Å². The van der Waals surface area contributed by atoms with Crippen LogP contribution in [0.4, 0.5) is 4.39 Å². The minimum atomic E-state index is -4.26. The average molecular weight is 368 g/mol. The monoisotopic (exact) mass is 367 g/mol. The number of ether oxygens (including phenoxy) is 2. The van der Waals surface area contributed by atoms with Gasteiger partial charge in [0.25, 0.3) is 0 Å². The summed E-state index contributed by atoms with van der Waals surface area (Å²) in [4.78, 5) is 11.2. The van der Waals surface area contributed by atoms with Gasteiger partial charge in [0.15, 0.2) is 0 Å². The molecule has 1 aliphatic rings. The number of carbonyl (C=O) groups is 1. The predicted molar refractivity (Wildman–Crippen MR) is 70.1 cm³/mol. The zero-order valence-electron chi connectivity index (χ0n) is 10.1. The van der Waals surface area contributed by atoms with Crippen LogP contribution >= 0.6 is 15.9 Å². The summed E-state index contributed by atoms with van der Waals surface area (Å²) in [5, 5.41) is 4.89. The van der Waals surface area contributed by atoms with Gasteiger partial charge in [-0.05, 0) is 28.1 Å².